The quantitative estimate of drug-likeness (QED) is 0.531. The normalized spacial score (nSPS) is 17.1. The third kappa shape index (κ3) is 4.24. The number of piperidine rings is 1. The summed E-state index contributed by atoms with van der Waals surface area (Å²) in [5, 5.41) is 15.5. The number of carbonyl (C=O) groups is 2. The molecule has 4 N–H and O–H groups in total. The van der Waals surface area contributed by atoms with E-state index in [0.717, 1.165) is 47.8 Å². The number of hydrogen-bond donors (Lipinski definition) is 4. The molecule has 3 heterocycles. The number of aromatic nitrogens is 2. The molecule has 0 spiro atoms. The fraction of sp³-hybridized carbons (Fsp3) is 0.526. The zero-order valence-corrected chi connectivity index (χ0v) is 17.7. The second-order valence-electron chi connectivity index (χ2n) is 7.12. The molecule has 1 saturated heterocycles. The summed E-state index contributed by atoms with van der Waals surface area (Å²) in [6.07, 6.45) is 5.74. The van der Waals surface area contributed by atoms with Gasteiger partial charge in [-0.15, -0.1) is 0 Å². The van der Waals surface area contributed by atoms with Crippen molar-refractivity contribution in [1.82, 2.24) is 15.3 Å². The molecule has 2 amide bonds. The maximum atomic E-state index is 12.6. The Labute approximate surface area is 172 Å². The van der Waals surface area contributed by atoms with Gasteiger partial charge in [-0.3, -0.25) is 4.79 Å². The molecule has 152 valence electrons. The largest absolute Gasteiger partial charge is 0.465 e. The van der Waals surface area contributed by atoms with Crippen molar-refractivity contribution < 1.29 is 14.7 Å². The lowest BCUT2D eigenvalue weighted by molar-refractivity contribution is -0.120. The average Bonchev–Trinajstić information content (AvgIpc) is 3.05. The van der Waals surface area contributed by atoms with Crippen molar-refractivity contribution in [2.45, 2.75) is 45.6 Å². The molecule has 0 saturated carbocycles. The van der Waals surface area contributed by atoms with E-state index < -0.39 is 6.09 Å². The fourth-order valence-corrected chi connectivity index (χ4v) is 4.38. The van der Waals surface area contributed by atoms with E-state index in [0.29, 0.717) is 17.9 Å². The number of pyridine rings is 1. The number of aromatic amines is 1. The second-order valence-corrected chi connectivity index (χ2v) is 7.97. The molecule has 2 aromatic heterocycles. The maximum absolute atomic E-state index is 12.6. The first-order chi connectivity index (χ1) is 13.4. The minimum atomic E-state index is -1.01. The molecule has 0 radical (unpaired) electrons. The van der Waals surface area contributed by atoms with E-state index in [1.165, 1.54) is 0 Å². The van der Waals surface area contributed by atoms with Crippen LogP contribution in [0.3, 0.4) is 0 Å². The summed E-state index contributed by atoms with van der Waals surface area (Å²) < 4.78 is 0.814. The van der Waals surface area contributed by atoms with E-state index in [9.17, 15) is 9.59 Å². The first-order valence-electron chi connectivity index (χ1n) is 9.65. The van der Waals surface area contributed by atoms with Crippen molar-refractivity contribution in [3.63, 3.8) is 0 Å². The molecule has 1 atom stereocenters. The zero-order chi connectivity index (χ0) is 20.3. The molecule has 0 aromatic carbocycles. The Hall–Kier alpha value is -2.29. The van der Waals surface area contributed by atoms with Gasteiger partial charge >= 0.3 is 6.09 Å². The van der Waals surface area contributed by atoms with E-state index in [4.69, 9.17) is 5.11 Å². The molecule has 1 aliphatic heterocycles. The number of H-pyrrole nitrogens is 1. The van der Waals surface area contributed by atoms with Crippen LogP contribution in [-0.4, -0.2) is 46.2 Å². The summed E-state index contributed by atoms with van der Waals surface area (Å²) in [5.74, 6) is -0.0338. The number of carboxylic acid groups (broad SMARTS) is 1. The summed E-state index contributed by atoms with van der Waals surface area (Å²) in [6.45, 7) is 5.39. The van der Waals surface area contributed by atoms with Crippen LogP contribution in [0, 0.1) is 5.92 Å². The van der Waals surface area contributed by atoms with E-state index >= 15 is 0 Å². The minimum Gasteiger partial charge on any atom is -0.465 e. The Morgan fingerprint density at radius 2 is 2.18 bits per heavy atom. The van der Waals surface area contributed by atoms with E-state index in [-0.39, 0.29) is 17.9 Å². The smallest absolute Gasteiger partial charge is 0.404 e. The number of hydrogen-bond acceptors (Lipinski definition) is 4. The number of fused-ring (bicyclic) bond motifs is 1. The number of anilines is 2. The average molecular weight is 452 g/mol. The Kier molecular flexibility index (Phi) is 6.43. The second kappa shape index (κ2) is 8.81. The van der Waals surface area contributed by atoms with Gasteiger partial charge < -0.3 is 25.6 Å². The molecular formula is C19H26BrN5O3. The van der Waals surface area contributed by atoms with Gasteiger partial charge in [0, 0.05) is 37.4 Å². The van der Waals surface area contributed by atoms with Crippen LogP contribution < -0.4 is 15.5 Å². The summed E-state index contributed by atoms with van der Waals surface area (Å²) >= 11 is 3.60. The van der Waals surface area contributed by atoms with Gasteiger partial charge in [-0.1, -0.05) is 13.8 Å². The van der Waals surface area contributed by atoms with E-state index in [2.05, 4.69) is 41.4 Å². The monoisotopic (exact) mass is 451 g/mol. The molecule has 1 unspecified atom stereocenters. The Balaban J connectivity index is 1.95. The van der Waals surface area contributed by atoms with Gasteiger partial charge in [0.2, 0.25) is 5.91 Å². The van der Waals surface area contributed by atoms with Gasteiger partial charge in [0.15, 0.2) is 0 Å². The summed E-state index contributed by atoms with van der Waals surface area (Å²) in [7, 11) is 0. The number of amides is 2. The lowest BCUT2D eigenvalue weighted by Crippen LogP contribution is -2.47. The van der Waals surface area contributed by atoms with Crippen LogP contribution in [0.5, 0.6) is 0 Å². The summed E-state index contributed by atoms with van der Waals surface area (Å²) in [4.78, 5) is 33.4. The third-order valence-corrected chi connectivity index (χ3v) is 5.89. The highest BCUT2D eigenvalue weighted by Gasteiger charge is 2.26. The van der Waals surface area contributed by atoms with Crippen molar-refractivity contribution in [2.75, 3.05) is 23.3 Å². The van der Waals surface area contributed by atoms with Gasteiger partial charge in [0.05, 0.1) is 21.2 Å². The van der Waals surface area contributed by atoms with Crippen molar-refractivity contribution in [1.29, 1.82) is 0 Å². The van der Waals surface area contributed by atoms with E-state index in [1.54, 1.807) is 12.4 Å². The molecule has 0 aliphatic carbocycles. The molecule has 8 nitrogen and oxygen atoms in total. The van der Waals surface area contributed by atoms with Crippen LogP contribution in [0.2, 0.25) is 0 Å². The van der Waals surface area contributed by atoms with Crippen LogP contribution in [0.15, 0.2) is 16.9 Å². The Morgan fingerprint density at radius 1 is 1.43 bits per heavy atom. The fourth-order valence-electron chi connectivity index (χ4n) is 3.83. The molecule has 3 rings (SSSR count). The SMILES string of the molecule is CCC(CC)C(=O)Nc1c[nH]c2ncc(Br)c(N3CCCC(NC(=O)O)C3)c12. The summed E-state index contributed by atoms with van der Waals surface area (Å²) in [5.41, 5.74) is 2.30. The molecule has 0 bridgehead atoms. The minimum absolute atomic E-state index is 0.000824. The van der Waals surface area contributed by atoms with Gasteiger partial charge in [0.25, 0.3) is 0 Å². The molecular weight excluding hydrogens is 426 g/mol. The van der Waals surface area contributed by atoms with E-state index in [1.807, 2.05) is 13.8 Å². The number of carbonyl (C=O) groups excluding carboxylic acids is 1. The van der Waals surface area contributed by atoms with Gasteiger partial charge in [0.1, 0.15) is 5.65 Å². The standard InChI is InChI=1S/C19H26BrN5O3/c1-3-11(4-2)18(26)24-14-9-22-17-15(14)16(13(20)8-21-17)25-7-5-6-12(10-25)23-19(27)28/h8-9,11-12,23H,3-7,10H2,1-2H3,(H,21,22)(H,24,26)(H,27,28). The van der Waals surface area contributed by atoms with Crippen LogP contribution in [0.4, 0.5) is 16.2 Å². The maximum Gasteiger partial charge on any atom is 0.404 e. The predicted octanol–water partition coefficient (Wildman–Crippen LogP) is 3.94. The van der Waals surface area contributed by atoms with Crippen molar-refractivity contribution >= 4 is 50.3 Å². The van der Waals surface area contributed by atoms with Crippen LogP contribution in [0.25, 0.3) is 11.0 Å². The summed E-state index contributed by atoms with van der Waals surface area (Å²) in [6, 6.07) is -0.136. The highest BCUT2D eigenvalue weighted by molar-refractivity contribution is 9.10. The highest BCUT2D eigenvalue weighted by Crippen LogP contribution is 2.39. The first-order valence-corrected chi connectivity index (χ1v) is 10.4. The molecule has 2 aromatic rings. The van der Waals surface area contributed by atoms with Gasteiger partial charge in [-0.25, -0.2) is 9.78 Å². The first kappa shape index (κ1) is 20.4. The predicted molar refractivity (Wildman–Crippen MR) is 113 cm³/mol. The number of nitrogens with one attached hydrogen (secondary N) is 3. The highest BCUT2D eigenvalue weighted by atomic mass is 79.9. The van der Waals surface area contributed by atoms with Crippen molar-refractivity contribution in [2.24, 2.45) is 5.92 Å². The molecule has 9 heteroatoms. The molecule has 1 fully saturated rings. The van der Waals surface area contributed by atoms with Crippen LogP contribution in [0.1, 0.15) is 39.5 Å². The van der Waals surface area contributed by atoms with Gasteiger partial charge in [-0.05, 0) is 41.6 Å². The van der Waals surface area contributed by atoms with Crippen molar-refractivity contribution in [3.05, 3.63) is 16.9 Å². The van der Waals surface area contributed by atoms with Crippen LogP contribution in [-0.2, 0) is 4.79 Å². The van der Waals surface area contributed by atoms with Crippen LogP contribution >= 0.6 is 15.9 Å². The van der Waals surface area contributed by atoms with Gasteiger partial charge in [-0.2, -0.15) is 0 Å². The third-order valence-electron chi connectivity index (χ3n) is 5.31. The Bertz CT molecular complexity index is 865. The number of rotatable bonds is 6. The van der Waals surface area contributed by atoms with Crippen molar-refractivity contribution in [3.8, 4) is 0 Å². The Morgan fingerprint density at radius 3 is 2.86 bits per heavy atom. The molecule has 1 aliphatic rings. The zero-order valence-electron chi connectivity index (χ0n) is 16.1. The lowest BCUT2D eigenvalue weighted by Gasteiger charge is -2.35. The molecule has 28 heavy (non-hydrogen) atoms. The topological polar surface area (TPSA) is 110 Å². The number of nitrogens with zero attached hydrogens (tertiary/aromatic N) is 2. The lowest BCUT2D eigenvalue weighted by atomic mass is 10.0. The number of halogens is 1.